The van der Waals surface area contributed by atoms with Crippen molar-refractivity contribution in [2.75, 3.05) is 20.2 Å². The Morgan fingerprint density at radius 1 is 0.974 bits per heavy atom. The first-order valence-corrected chi connectivity index (χ1v) is 12.2. The molecule has 1 fully saturated rings. The average molecular weight is 532 g/mol. The number of nitrogens with one attached hydrogen (secondary N) is 3. The van der Waals surface area contributed by atoms with Crippen LogP contribution in [-0.2, 0) is 7.05 Å². The number of rotatable bonds is 7. The molecule has 10 nitrogen and oxygen atoms in total. The second kappa shape index (κ2) is 10.5. The number of carbonyl (C=O) groups excluding carboxylic acids is 3. The smallest absolute Gasteiger partial charge is 0.251 e. The van der Waals surface area contributed by atoms with E-state index in [1.165, 1.54) is 43.5 Å². The first-order valence-electron chi connectivity index (χ1n) is 12.2. The zero-order valence-electron chi connectivity index (χ0n) is 21.2. The fourth-order valence-corrected chi connectivity index (χ4v) is 4.63. The number of aromatic hydroxyl groups is 1. The Morgan fingerprint density at radius 2 is 1.59 bits per heavy atom. The number of methoxy groups -OCH3 is 1. The lowest BCUT2D eigenvalue weighted by Crippen LogP contribution is -2.51. The third kappa shape index (κ3) is 5.04. The molecule has 0 radical (unpaired) electrons. The fraction of sp³-hybridized carbons (Fsp3) is 0.214. The molecule has 0 bridgehead atoms. The Kier molecular flexibility index (Phi) is 6.99. The molecule has 1 aliphatic rings. The molecule has 1 aromatic heterocycles. The second-order valence-electron chi connectivity index (χ2n) is 9.24. The Bertz CT molecular complexity index is 1580. The molecule has 0 spiro atoms. The van der Waals surface area contributed by atoms with Gasteiger partial charge in [0.25, 0.3) is 11.8 Å². The summed E-state index contributed by atoms with van der Waals surface area (Å²) in [6, 6.07) is 12.7. The molecule has 0 unspecified atom stereocenters. The summed E-state index contributed by atoms with van der Waals surface area (Å²) in [7, 11) is 3.09. The zero-order chi connectivity index (χ0) is 27.7. The fourth-order valence-electron chi connectivity index (χ4n) is 4.63. The summed E-state index contributed by atoms with van der Waals surface area (Å²) in [5.41, 5.74) is 1.27. The molecule has 39 heavy (non-hydrogen) atoms. The van der Waals surface area contributed by atoms with E-state index in [0.29, 0.717) is 18.7 Å². The van der Waals surface area contributed by atoms with Crippen molar-refractivity contribution in [2.24, 2.45) is 7.05 Å². The molecule has 1 aliphatic heterocycles. The minimum absolute atomic E-state index is 0.0901. The molecule has 4 N–H and O–H groups in total. The van der Waals surface area contributed by atoms with Crippen LogP contribution in [0.25, 0.3) is 10.9 Å². The van der Waals surface area contributed by atoms with Crippen LogP contribution < -0.4 is 20.7 Å². The van der Waals surface area contributed by atoms with Gasteiger partial charge in [0.15, 0.2) is 17.3 Å². The van der Waals surface area contributed by atoms with Crippen molar-refractivity contribution < 1.29 is 28.6 Å². The topological polar surface area (TPSA) is 135 Å². The van der Waals surface area contributed by atoms with E-state index in [0.717, 1.165) is 10.9 Å². The molecule has 5 rings (SSSR count). The van der Waals surface area contributed by atoms with Crippen LogP contribution in [0, 0.1) is 5.82 Å². The van der Waals surface area contributed by atoms with Gasteiger partial charge in [0.05, 0.1) is 30.9 Å². The summed E-state index contributed by atoms with van der Waals surface area (Å²) in [4.78, 5) is 38.7. The number of ketones is 1. The number of phenols is 1. The summed E-state index contributed by atoms with van der Waals surface area (Å²) >= 11 is 0. The van der Waals surface area contributed by atoms with Crippen LogP contribution in [0.15, 0.2) is 60.8 Å². The van der Waals surface area contributed by atoms with Gasteiger partial charge in [-0.05, 0) is 42.5 Å². The van der Waals surface area contributed by atoms with Crippen molar-refractivity contribution in [1.82, 2.24) is 25.7 Å². The largest absolute Gasteiger partial charge is 0.507 e. The lowest BCUT2D eigenvalue weighted by molar-refractivity contribution is 0.0896. The lowest BCUT2D eigenvalue weighted by atomic mass is 10.00. The van der Waals surface area contributed by atoms with Crippen LogP contribution in [0.2, 0.25) is 0 Å². The van der Waals surface area contributed by atoms with Gasteiger partial charge in [-0.2, -0.15) is 5.10 Å². The molecule has 2 atom stereocenters. The highest BCUT2D eigenvalue weighted by molar-refractivity contribution is 6.11. The molecular formula is C28H26FN5O5. The number of amides is 2. The second-order valence-corrected chi connectivity index (χ2v) is 9.24. The van der Waals surface area contributed by atoms with Crippen LogP contribution in [-0.4, -0.2) is 64.8 Å². The number of ether oxygens (including phenoxy) is 1. The number of hydrogen-bond acceptors (Lipinski definition) is 7. The molecular weight excluding hydrogens is 505 g/mol. The van der Waals surface area contributed by atoms with Crippen molar-refractivity contribution in [3.63, 3.8) is 0 Å². The van der Waals surface area contributed by atoms with Crippen molar-refractivity contribution in [3.8, 4) is 11.5 Å². The lowest BCUT2D eigenvalue weighted by Gasteiger charge is -2.21. The van der Waals surface area contributed by atoms with Gasteiger partial charge in [-0.1, -0.05) is 12.1 Å². The van der Waals surface area contributed by atoms with Gasteiger partial charge in [0.1, 0.15) is 11.3 Å². The highest BCUT2D eigenvalue weighted by atomic mass is 19.1. The van der Waals surface area contributed by atoms with Gasteiger partial charge < -0.3 is 25.8 Å². The van der Waals surface area contributed by atoms with E-state index in [1.54, 1.807) is 23.0 Å². The first-order chi connectivity index (χ1) is 18.8. The number of aryl methyl sites for hydroxylation is 1. The van der Waals surface area contributed by atoms with E-state index in [1.807, 2.05) is 13.1 Å². The van der Waals surface area contributed by atoms with Gasteiger partial charge in [-0.25, -0.2) is 4.39 Å². The number of nitrogens with zero attached hydrogens (tertiary/aromatic N) is 2. The number of fused-ring (bicyclic) bond motifs is 1. The Hall–Kier alpha value is -4.77. The van der Waals surface area contributed by atoms with Crippen molar-refractivity contribution >= 4 is 28.5 Å². The van der Waals surface area contributed by atoms with Crippen LogP contribution in [0.4, 0.5) is 4.39 Å². The first kappa shape index (κ1) is 25.9. The van der Waals surface area contributed by atoms with E-state index in [-0.39, 0.29) is 34.9 Å². The van der Waals surface area contributed by atoms with Gasteiger partial charge in [-0.3, -0.25) is 19.1 Å². The van der Waals surface area contributed by atoms with Gasteiger partial charge >= 0.3 is 0 Å². The predicted molar refractivity (Wildman–Crippen MR) is 141 cm³/mol. The number of halogens is 1. The maximum Gasteiger partial charge on any atom is 0.251 e. The summed E-state index contributed by atoms with van der Waals surface area (Å²) in [6.45, 7) is 0.943. The third-order valence-corrected chi connectivity index (χ3v) is 6.80. The van der Waals surface area contributed by atoms with E-state index in [4.69, 9.17) is 4.74 Å². The quantitative estimate of drug-likeness (QED) is 0.269. The molecule has 200 valence electrons. The monoisotopic (exact) mass is 531 g/mol. The van der Waals surface area contributed by atoms with Crippen molar-refractivity contribution in [2.45, 2.75) is 12.1 Å². The summed E-state index contributed by atoms with van der Waals surface area (Å²) in [5, 5.41) is 24.1. The Balaban J connectivity index is 1.24. The van der Waals surface area contributed by atoms with E-state index < -0.39 is 28.8 Å². The highest BCUT2D eigenvalue weighted by Gasteiger charge is 2.30. The minimum atomic E-state index is -0.966. The van der Waals surface area contributed by atoms with E-state index in [9.17, 15) is 23.9 Å². The average Bonchev–Trinajstić information content (AvgIpc) is 3.54. The van der Waals surface area contributed by atoms with Crippen LogP contribution >= 0.6 is 0 Å². The number of benzene rings is 3. The normalized spacial score (nSPS) is 16.7. The zero-order valence-corrected chi connectivity index (χ0v) is 21.2. The molecule has 0 aliphatic carbocycles. The maximum absolute atomic E-state index is 14.6. The third-order valence-electron chi connectivity index (χ3n) is 6.80. The van der Waals surface area contributed by atoms with Crippen molar-refractivity contribution in [3.05, 3.63) is 88.9 Å². The van der Waals surface area contributed by atoms with Gasteiger partial charge in [-0.15, -0.1) is 0 Å². The molecule has 2 amide bonds. The van der Waals surface area contributed by atoms with Crippen molar-refractivity contribution in [1.29, 1.82) is 0 Å². The Labute approximate surface area is 222 Å². The molecule has 0 saturated carbocycles. The summed E-state index contributed by atoms with van der Waals surface area (Å²) in [6.07, 6.45) is 1.70. The van der Waals surface area contributed by atoms with Crippen LogP contribution in [0.5, 0.6) is 11.5 Å². The van der Waals surface area contributed by atoms with Crippen LogP contribution in [0.3, 0.4) is 0 Å². The van der Waals surface area contributed by atoms with Crippen LogP contribution in [0.1, 0.15) is 36.6 Å². The number of aromatic nitrogens is 2. The maximum atomic E-state index is 14.6. The predicted octanol–water partition coefficient (Wildman–Crippen LogP) is 2.16. The SMILES string of the molecule is COc1ccc(O)c(C(=O)c2ccc(C(=O)N[C@@H]3CNC[C@H]3NC(=O)c3ccc4c(cnn4C)c3)cc2)c1F. The Morgan fingerprint density at radius 3 is 2.26 bits per heavy atom. The summed E-state index contributed by atoms with van der Waals surface area (Å²) < 4.78 is 21.2. The minimum Gasteiger partial charge on any atom is -0.507 e. The standard InChI is InChI=1S/C28H26FN5O5/c1-34-21-8-7-17(11-18(21)12-31-34)28(38)33-20-14-30-13-19(20)32-27(37)16-5-3-15(4-6-16)26(36)24-22(35)9-10-23(39-2)25(24)29/h3-12,19-20,30,35H,13-14H2,1-2H3,(H,32,37)(H,33,38)/t19-,20-/m1/s1. The van der Waals surface area contributed by atoms with E-state index in [2.05, 4.69) is 21.0 Å². The summed E-state index contributed by atoms with van der Waals surface area (Å²) in [5.74, 6) is -3.05. The molecule has 4 aromatic rings. The number of carbonyl (C=O) groups is 3. The van der Waals surface area contributed by atoms with Gasteiger partial charge in [0, 0.05) is 42.2 Å². The molecule has 11 heteroatoms. The molecule has 3 aromatic carbocycles. The number of hydrogen-bond donors (Lipinski definition) is 4. The number of phenolic OH excluding ortho intramolecular Hbond substituents is 1. The highest BCUT2D eigenvalue weighted by Crippen LogP contribution is 2.30. The molecule has 1 saturated heterocycles. The van der Waals surface area contributed by atoms with E-state index >= 15 is 0 Å². The van der Waals surface area contributed by atoms with Gasteiger partial charge in [0.2, 0.25) is 0 Å². The molecule has 2 heterocycles.